The van der Waals surface area contributed by atoms with Crippen LogP contribution in [0.4, 0.5) is 17.1 Å². The topological polar surface area (TPSA) is 292 Å². The van der Waals surface area contributed by atoms with E-state index in [-0.39, 0.29) is 70.8 Å². The van der Waals surface area contributed by atoms with Crippen LogP contribution in [-0.2, 0) is 28.3 Å². The first-order valence-electron chi connectivity index (χ1n) is 23.8. The molecule has 26 heteroatoms. The predicted octanol–water partition coefficient (Wildman–Crippen LogP) is 9.58. The number of ether oxygens (including phenoxy) is 4. The molecule has 8 rings (SSSR count). The Balaban J connectivity index is 0.000000202. The zero-order valence-corrected chi connectivity index (χ0v) is 45.5. The molecule has 0 radical (unpaired) electrons. The number of rotatable bonds is 13. The molecule has 3 fully saturated rings. The van der Waals surface area contributed by atoms with E-state index in [1.807, 2.05) is 41.5 Å². The van der Waals surface area contributed by atoms with E-state index in [4.69, 9.17) is 33.4 Å². The highest BCUT2D eigenvalue weighted by molar-refractivity contribution is 9.10. The molecule has 0 bridgehead atoms. The lowest BCUT2D eigenvalue weighted by atomic mass is 9.78. The fourth-order valence-corrected chi connectivity index (χ4v) is 9.36. The van der Waals surface area contributed by atoms with Crippen molar-refractivity contribution in [2.24, 2.45) is 11.8 Å². The predicted molar refractivity (Wildman–Crippen MR) is 279 cm³/mol. The number of carbonyl (C=O) groups excluding carboxylic acids is 2. The summed E-state index contributed by atoms with van der Waals surface area (Å²) in [5.74, 6) is -2.16. The van der Waals surface area contributed by atoms with E-state index in [0.29, 0.717) is 70.6 Å². The van der Waals surface area contributed by atoms with Crippen molar-refractivity contribution in [3.05, 3.63) is 123 Å². The zero-order valence-electron chi connectivity index (χ0n) is 42.4. The number of nitro benzene ring substituents is 3. The molecule has 3 aliphatic heterocycles. The molecule has 0 amide bonds. The first kappa shape index (κ1) is 57.8. The molecule has 4 unspecified atom stereocenters. The third-order valence-electron chi connectivity index (χ3n) is 13.2. The second-order valence-corrected chi connectivity index (χ2v) is 20.6. The smallest absolute Gasteiger partial charge is 0.477 e. The number of nitrogens with zero attached hydrogens (tertiary/aromatic N) is 7. The summed E-state index contributed by atoms with van der Waals surface area (Å²) in [7, 11) is -0.752. The quantitative estimate of drug-likeness (QED) is 0.0496. The minimum absolute atomic E-state index is 0.0276. The summed E-state index contributed by atoms with van der Waals surface area (Å²) >= 11 is 6.29. The Morgan fingerprint density at radius 1 is 0.680 bits per heavy atom. The molecule has 4 atom stereocenters. The van der Waals surface area contributed by atoms with E-state index >= 15 is 0 Å². The van der Waals surface area contributed by atoms with Gasteiger partial charge in [0.25, 0.3) is 17.1 Å². The second-order valence-electron chi connectivity index (χ2n) is 18.7. The average molecular weight is 1170 g/mol. The number of esters is 2. The van der Waals surface area contributed by atoms with Gasteiger partial charge < -0.3 is 33.4 Å². The molecule has 0 spiro atoms. The van der Waals surface area contributed by atoms with E-state index in [1.54, 1.807) is 47.5 Å². The highest BCUT2D eigenvalue weighted by Gasteiger charge is 2.52. The summed E-state index contributed by atoms with van der Waals surface area (Å²) in [4.78, 5) is 68.5. The van der Waals surface area contributed by atoms with Crippen LogP contribution in [0.3, 0.4) is 0 Å². The monoisotopic (exact) mass is 1170 g/mol. The Bertz CT molecular complexity index is 2950. The normalized spacial score (nSPS) is 19.6. The first-order valence-corrected chi connectivity index (χ1v) is 25.4. The molecule has 400 valence electrons. The standard InChI is InChI=1S/C24H32BN3O7.C18H20BrN3O5.C7H4BrNO4/c1-7-33-22(29)18-13-26-27(19-10-11-32-14-15(19)2)21(18)17-9-8-16(12-20(17)28(30)31)25-34-23(3,4)24(5,6)35-25;1-3-27-18(23)14-9-20-21(15-6-7-26-10-11(15)2)17(14)13-5-4-12(19)8-16(13)22(24)25;8-4-1-2-5(7(10)11)6(3-4)9(12)13/h8-9,12-13,15,19H,7,10-11,14H2,1-6H3;4-5,8-9,11,15H,3,6-7,10H2,1-2H3;1-3H,(H,10,11). The maximum atomic E-state index is 12.8. The number of nitro groups is 3. The van der Waals surface area contributed by atoms with Gasteiger partial charge in [0.1, 0.15) is 16.7 Å². The molecule has 5 aromatic rings. The Labute approximate surface area is 448 Å². The molecule has 3 saturated heterocycles. The van der Waals surface area contributed by atoms with Gasteiger partial charge in [-0.05, 0) is 90.2 Å². The maximum Gasteiger partial charge on any atom is 0.495 e. The molecule has 3 aromatic carbocycles. The van der Waals surface area contributed by atoms with Crippen molar-refractivity contribution in [3.63, 3.8) is 0 Å². The molecule has 5 heterocycles. The van der Waals surface area contributed by atoms with Gasteiger partial charge in [0.15, 0.2) is 0 Å². The summed E-state index contributed by atoms with van der Waals surface area (Å²) in [6.07, 6.45) is 4.25. The third-order valence-corrected chi connectivity index (χ3v) is 14.2. The zero-order chi connectivity index (χ0) is 55.1. The van der Waals surface area contributed by atoms with Crippen LogP contribution in [0.25, 0.3) is 22.5 Å². The number of hydrogen-bond acceptors (Lipinski definition) is 17. The first-order chi connectivity index (χ1) is 35.4. The lowest BCUT2D eigenvalue weighted by Crippen LogP contribution is -2.41. The molecule has 0 aliphatic carbocycles. The van der Waals surface area contributed by atoms with Gasteiger partial charge in [0, 0.05) is 52.2 Å². The summed E-state index contributed by atoms with van der Waals surface area (Å²) in [5, 5.41) is 51.8. The van der Waals surface area contributed by atoms with Crippen molar-refractivity contribution in [1.82, 2.24) is 19.6 Å². The van der Waals surface area contributed by atoms with E-state index in [9.17, 15) is 44.7 Å². The van der Waals surface area contributed by atoms with E-state index in [1.165, 1.54) is 36.7 Å². The molecule has 3 aliphatic rings. The van der Waals surface area contributed by atoms with Crippen molar-refractivity contribution in [1.29, 1.82) is 0 Å². The summed E-state index contributed by atoms with van der Waals surface area (Å²) < 4.78 is 38.1. The lowest BCUT2D eigenvalue weighted by Gasteiger charge is -2.32. The van der Waals surface area contributed by atoms with E-state index in [2.05, 4.69) is 42.1 Å². The van der Waals surface area contributed by atoms with Gasteiger partial charge in [-0.2, -0.15) is 10.2 Å². The molecule has 75 heavy (non-hydrogen) atoms. The average Bonchev–Trinajstić information content (AvgIpc) is 4.05. The van der Waals surface area contributed by atoms with Crippen LogP contribution in [0.15, 0.2) is 75.9 Å². The van der Waals surface area contributed by atoms with Crippen LogP contribution in [0, 0.1) is 42.2 Å². The van der Waals surface area contributed by atoms with E-state index < -0.39 is 56.7 Å². The largest absolute Gasteiger partial charge is 0.495 e. The minimum atomic E-state index is -1.31. The van der Waals surface area contributed by atoms with Crippen LogP contribution in [-0.4, -0.2) is 115 Å². The number of aromatic carboxylic acids is 1. The Hall–Kier alpha value is -6.45. The Morgan fingerprint density at radius 2 is 1.09 bits per heavy atom. The summed E-state index contributed by atoms with van der Waals surface area (Å²) in [6.45, 7) is 17.8. The molecule has 2 aromatic heterocycles. The Kier molecular flexibility index (Phi) is 18.9. The van der Waals surface area contributed by atoms with Crippen molar-refractivity contribution in [3.8, 4) is 22.5 Å². The van der Waals surface area contributed by atoms with Crippen LogP contribution in [0.1, 0.15) is 111 Å². The molecule has 0 saturated carbocycles. The molecule has 1 N–H and O–H groups in total. The van der Waals surface area contributed by atoms with Gasteiger partial charge in [-0.3, -0.25) is 39.7 Å². The fourth-order valence-electron chi connectivity index (χ4n) is 8.66. The number of carboxylic acids is 1. The van der Waals surface area contributed by atoms with Gasteiger partial charge in [-0.25, -0.2) is 14.4 Å². The minimum Gasteiger partial charge on any atom is -0.477 e. The fraction of sp³-hybridized carbons (Fsp3) is 0.449. The number of hydrogen-bond donors (Lipinski definition) is 1. The molecular weight excluding hydrogens is 1110 g/mol. The summed E-state index contributed by atoms with van der Waals surface area (Å²) in [6, 6.07) is 13.3. The van der Waals surface area contributed by atoms with Gasteiger partial charge in [0.2, 0.25) is 0 Å². The Morgan fingerprint density at radius 3 is 1.51 bits per heavy atom. The van der Waals surface area contributed by atoms with Crippen LogP contribution < -0.4 is 5.46 Å². The number of halogens is 2. The van der Waals surface area contributed by atoms with Crippen molar-refractivity contribution in [2.75, 3.05) is 39.6 Å². The van der Waals surface area contributed by atoms with Gasteiger partial charge in [-0.15, -0.1) is 0 Å². The maximum absolute atomic E-state index is 12.8. The third kappa shape index (κ3) is 13.0. The van der Waals surface area contributed by atoms with Gasteiger partial charge in [0.05, 0.1) is 99.4 Å². The van der Waals surface area contributed by atoms with Gasteiger partial charge >= 0.3 is 25.0 Å². The highest BCUT2D eigenvalue weighted by atomic mass is 79.9. The molecule has 23 nitrogen and oxygen atoms in total. The SMILES string of the molecule is CCOC(=O)c1cnn(C2CCOCC2C)c1-c1ccc(B2OC(C)(C)C(C)(C)O2)cc1[N+](=O)[O-].CCOC(=O)c1cnn(C2CCOCC2C)c1-c1ccc(Br)cc1[N+](=O)[O-].O=C(O)c1ccc(Br)cc1[N+](=O)[O-]. The lowest BCUT2D eigenvalue weighted by molar-refractivity contribution is -0.385. The van der Waals surface area contributed by atoms with Crippen LogP contribution in [0.2, 0.25) is 0 Å². The molecular formula is C49H56BBr2N7O16. The number of benzene rings is 3. The number of carbonyl (C=O) groups is 3. The summed E-state index contributed by atoms with van der Waals surface area (Å²) in [5.41, 5.74) is 0.189. The van der Waals surface area contributed by atoms with E-state index in [0.717, 1.165) is 6.07 Å². The van der Waals surface area contributed by atoms with Crippen LogP contribution >= 0.6 is 31.9 Å². The van der Waals surface area contributed by atoms with Crippen molar-refractivity contribution >= 4 is 79.4 Å². The van der Waals surface area contributed by atoms with Crippen molar-refractivity contribution < 1.29 is 62.5 Å². The van der Waals surface area contributed by atoms with Crippen molar-refractivity contribution in [2.45, 2.75) is 91.5 Å². The van der Waals surface area contributed by atoms with Gasteiger partial charge in [-0.1, -0.05) is 51.8 Å². The number of aromatic nitrogens is 4. The number of carboxylic acid groups (broad SMARTS) is 1. The van der Waals surface area contributed by atoms with Crippen LogP contribution in [0.5, 0.6) is 0 Å². The second kappa shape index (κ2) is 24.5. The highest BCUT2D eigenvalue weighted by Crippen LogP contribution is 2.41.